The molecule has 0 aliphatic heterocycles. The number of benzene rings is 2. The van der Waals surface area contributed by atoms with Crippen molar-refractivity contribution in [2.24, 2.45) is 0 Å². The molecule has 4 heterocycles. The number of aromatic nitrogens is 6. The summed E-state index contributed by atoms with van der Waals surface area (Å²) in [5.41, 5.74) is 3.64. The minimum atomic E-state index is -1.47. The highest BCUT2D eigenvalue weighted by Gasteiger charge is 2.33. The van der Waals surface area contributed by atoms with Crippen molar-refractivity contribution >= 4 is 54.8 Å². The van der Waals surface area contributed by atoms with Gasteiger partial charge in [0.05, 0.1) is 35.2 Å². The molecule has 0 fully saturated rings. The Hall–Kier alpha value is -3.22. The van der Waals surface area contributed by atoms with Crippen LogP contribution in [0.15, 0.2) is 82.5 Å². The Morgan fingerprint density at radius 3 is 1.58 bits per heavy atom. The fourth-order valence-electron chi connectivity index (χ4n) is 4.40. The van der Waals surface area contributed by atoms with E-state index in [4.69, 9.17) is 11.6 Å². The summed E-state index contributed by atoms with van der Waals surface area (Å²) in [4.78, 5) is 17.8. The highest BCUT2D eigenvalue weighted by Crippen LogP contribution is 2.40. The molecule has 190 valence electrons. The zero-order valence-corrected chi connectivity index (χ0v) is 23.1. The van der Waals surface area contributed by atoms with Crippen molar-refractivity contribution in [1.29, 1.82) is 0 Å². The summed E-state index contributed by atoms with van der Waals surface area (Å²) < 4.78 is 18.0. The number of rotatable bonds is 5. The molecular formula is C26H16Br2ClFN6O2. The Bertz CT molecular complexity index is 1670. The molecule has 2 aromatic carbocycles. The van der Waals surface area contributed by atoms with E-state index in [1.807, 2.05) is 0 Å². The maximum Gasteiger partial charge on any atom is 0.156 e. The van der Waals surface area contributed by atoms with Crippen LogP contribution in [0.5, 0.6) is 0 Å². The van der Waals surface area contributed by atoms with Crippen LogP contribution in [0.4, 0.5) is 4.39 Å². The van der Waals surface area contributed by atoms with Gasteiger partial charge in [0, 0.05) is 28.5 Å². The molecule has 0 saturated carbocycles. The van der Waals surface area contributed by atoms with E-state index >= 15 is 0 Å². The Morgan fingerprint density at radius 2 is 1.13 bits per heavy atom. The molecule has 2 unspecified atom stereocenters. The van der Waals surface area contributed by atoms with E-state index in [-0.39, 0.29) is 0 Å². The molecule has 0 bridgehead atoms. The molecule has 6 aromatic rings. The molecule has 8 nitrogen and oxygen atoms in total. The summed E-state index contributed by atoms with van der Waals surface area (Å²) >= 11 is 12.8. The second kappa shape index (κ2) is 9.83. The lowest BCUT2D eigenvalue weighted by molar-refractivity contribution is 0.0117. The molecule has 6 rings (SSSR count). The fraction of sp³-hybridized carbons (Fsp3) is 0.0769. The van der Waals surface area contributed by atoms with Gasteiger partial charge in [-0.1, -0.05) is 23.7 Å². The third kappa shape index (κ3) is 4.40. The summed E-state index contributed by atoms with van der Waals surface area (Å²) in [6, 6.07) is 12.8. The molecular weight excluding hydrogens is 643 g/mol. The predicted octanol–water partition coefficient (Wildman–Crippen LogP) is 6.19. The van der Waals surface area contributed by atoms with Gasteiger partial charge in [0.25, 0.3) is 0 Å². The standard InChI is InChI=1S/C26H16Br2ClFN6O2/c27-17-11-35-19(9-31-17)33-21(13-1-5-15(29)6-2-13)23(35)25(37)26(38)24-22(14-3-7-16(30)8-4-14)34-20-10-32-18(28)12-36(20)24/h1-12,25-26,37-38H. The van der Waals surface area contributed by atoms with Crippen LogP contribution in [0, 0.1) is 5.82 Å². The van der Waals surface area contributed by atoms with Crippen LogP contribution in [0.3, 0.4) is 0 Å². The van der Waals surface area contributed by atoms with Gasteiger partial charge in [-0.05, 0) is 68.3 Å². The molecule has 0 spiro atoms. The first kappa shape index (κ1) is 25.1. The smallest absolute Gasteiger partial charge is 0.156 e. The first-order chi connectivity index (χ1) is 18.3. The van der Waals surface area contributed by atoms with Crippen LogP contribution in [-0.4, -0.2) is 39.0 Å². The summed E-state index contributed by atoms with van der Waals surface area (Å²) in [6.45, 7) is 0. The molecule has 12 heteroatoms. The van der Waals surface area contributed by atoms with Crippen molar-refractivity contribution in [2.45, 2.75) is 12.2 Å². The van der Waals surface area contributed by atoms with Crippen LogP contribution in [-0.2, 0) is 0 Å². The second-order valence-corrected chi connectivity index (χ2v) is 10.5. The molecule has 0 aliphatic rings. The minimum absolute atomic E-state index is 0.298. The highest BCUT2D eigenvalue weighted by atomic mass is 79.9. The SMILES string of the molecule is OC(c1c(-c2ccc(F)cc2)nc2cnc(Br)cn12)C(O)c1c(-c2ccc(Cl)cc2)nc2cnc(Br)cn12. The molecule has 2 atom stereocenters. The number of hydrogen-bond acceptors (Lipinski definition) is 6. The van der Waals surface area contributed by atoms with E-state index < -0.39 is 18.0 Å². The van der Waals surface area contributed by atoms with Crippen molar-refractivity contribution < 1.29 is 14.6 Å². The van der Waals surface area contributed by atoms with Gasteiger partial charge >= 0.3 is 0 Å². The molecule has 0 saturated heterocycles. The van der Waals surface area contributed by atoms with Crippen molar-refractivity contribution in [3.8, 4) is 22.5 Å². The van der Waals surface area contributed by atoms with Gasteiger partial charge in [0.1, 0.15) is 27.2 Å². The number of hydrogen-bond donors (Lipinski definition) is 2. The van der Waals surface area contributed by atoms with Crippen molar-refractivity contribution in [3.63, 3.8) is 0 Å². The maximum atomic E-state index is 13.7. The Labute approximate surface area is 236 Å². The van der Waals surface area contributed by atoms with E-state index in [9.17, 15) is 14.6 Å². The molecule has 4 aromatic heterocycles. The largest absolute Gasteiger partial charge is 0.384 e. The van der Waals surface area contributed by atoms with Gasteiger partial charge in [-0.25, -0.2) is 24.3 Å². The van der Waals surface area contributed by atoms with Gasteiger partial charge in [0.15, 0.2) is 11.3 Å². The lowest BCUT2D eigenvalue weighted by Gasteiger charge is -2.20. The van der Waals surface area contributed by atoms with Gasteiger partial charge in [-0.3, -0.25) is 8.80 Å². The number of aliphatic hydroxyl groups is 2. The number of fused-ring (bicyclic) bond motifs is 2. The van der Waals surface area contributed by atoms with Crippen molar-refractivity contribution in [3.05, 3.63) is 105 Å². The maximum absolute atomic E-state index is 13.7. The van der Waals surface area contributed by atoms with E-state index in [0.717, 1.165) is 0 Å². The summed E-state index contributed by atoms with van der Waals surface area (Å²) in [5.74, 6) is -0.401. The molecule has 0 aliphatic carbocycles. The summed E-state index contributed by atoms with van der Waals surface area (Å²) in [6.07, 6.45) is 3.48. The third-order valence-corrected chi connectivity index (χ3v) is 7.19. The fourth-order valence-corrected chi connectivity index (χ4v) is 5.14. The second-order valence-electron chi connectivity index (χ2n) is 8.47. The lowest BCUT2D eigenvalue weighted by atomic mass is 9.99. The number of halogens is 4. The highest BCUT2D eigenvalue weighted by molar-refractivity contribution is 9.10. The zero-order chi connectivity index (χ0) is 26.6. The molecule has 0 amide bonds. The monoisotopic (exact) mass is 656 g/mol. The van der Waals surface area contributed by atoms with Gasteiger partial charge in [0.2, 0.25) is 0 Å². The predicted molar refractivity (Wildman–Crippen MR) is 147 cm³/mol. The molecule has 2 N–H and O–H groups in total. The average Bonchev–Trinajstić information content (AvgIpc) is 3.47. The number of nitrogens with zero attached hydrogens (tertiary/aromatic N) is 6. The van der Waals surface area contributed by atoms with Crippen LogP contribution in [0.25, 0.3) is 33.8 Å². The zero-order valence-electron chi connectivity index (χ0n) is 19.2. The number of imidazole rings is 2. The van der Waals surface area contributed by atoms with Crippen molar-refractivity contribution in [2.75, 3.05) is 0 Å². The van der Waals surface area contributed by atoms with Crippen LogP contribution >= 0.6 is 43.5 Å². The Morgan fingerprint density at radius 1 is 0.711 bits per heavy atom. The normalized spacial score (nSPS) is 13.3. The Balaban J connectivity index is 1.57. The van der Waals surface area contributed by atoms with Crippen molar-refractivity contribution in [1.82, 2.24) is 28.7 Å². The van der Waals surface area contributed by atoms with Gasteiger partial charge in [-0.15, -0.1) is 0 Å². The molecule has 0 radical (unpaired) electrons. The third-order valence-electron chi connectivity index (χ3n) is 6.12. The van der Waals surface area contributed by atoms with E-state index in [1.165, 1.54) is 18.3 Å². The van der Waals surface area contributed by atoms with Crippen LogP contribution in [0.1, 0.15) is 23.6 Å². The van der Waals surface area contributed by atoms with E-state index in [1.54, 1.807) is 63.8 Å². The summed E-state index contributed by atoms with van der Waals surface area (Å²) in [5, 5.41) is 24.1. The van der Waals surface area contributed by atoms with Crippen LogP contribution in [0.2, 0.25) is 5.02 Å². The average molecular weight is 659 g/mol. The minimum Gasteiger partial charge on any atom is -0.384 e. The van der Waals surface area contributed by atoms with E-state index in [2.05, 4.69) is 51.8 Å². The first-order valence-electron chi connectivity index (χ1n) is 11.2. The lowest BCUT2D eigenvalue weighted by Crippen LogP contribution is -2.16. The topological polar surface area (TPSA) is 101 Å². The Kier molecular flexibility index (Phi) is 6.48. The van der Waals surface area contributed by atoms with Gasteiger partial charge in [-0.2, -0.15) is 0 Å². The van der Waals surface area contributed by atoms with Crippen LogP contribution < -0.4 is 0 Å². The first-order valence-corrected chi connectivity index (χ1v) is 13.2. The quantitative estimate of drug-likeness (QED) is 0.229. The van der Waals surface area contributed by atoms with Gasteiger partial charge < -0.3 is 10.2 Å². The number of aliphatic hydroxyl groups excluding tert-OH is 2. The summed E-state index contributed by atoms with van der Waals surface area (Å²) in [7, 11) is 0. The van der Waals surface area contributed by atoms with E-state index in [0.29, 0.717) is 59.4 Å². The molecule has 38 heavy (non-hydrogen) atoms.